The van der Waals surface area contributed by atoms with Crippen molar-refractivity contribution in [3.63, 3.8) is 0 Å². The van der Waals surface area contributed by atoms with Crippen LogP contribution in [0, 0.1) is 0 Å². The van der Waals surface area contributed by atoms with Crippen molar-refractivity contribution in [1.29, 1.82) is 0 Å². The lowest BCUT2D eigenvalue weighted by molar-refractivity contribution is 0.270. The van der Waals surface area contributed by atoms with E-state index in [9.17, 15) is 0 Å². The van der Waals surface area contributed by atoms with Crippen LogP contribution in [-0.4, -0.2) is 13.3 Å². The third kappa shape index (κ3) is 8.34. The van der Waals surface area contributed by atoms with Crippen LogP contribution in [0.15, 0.2) is 12.8 Å². The largest absolute Gasteiger partial charge is 0.502 e. The molecule has 0 aliphatic carbocycles. The first-order chi connectivity index (χ1) is 4.06. The Balaban J connectivity index is 3.17. The Morgan fingerprint density at radius 1 is 1.67 bits per heavy atom. The average molecular weight is 185 g/mol. The molecule has 0 saturated carbocycles. The molecule has 0 N–H and O–H groups in total. The lowest BCUT2D eigenvalue weighted by Gasteiger charge is -2.07. The van der Waals surface area contributed by atoms with Gasteiger partial charge in [-0.2, -0.15) is 0 Å². The van der Waals surface area contributed by atoms with Crippen molar-refractivity contribution in [2.24, 2.45) is 0 Å². The topological polar surface area (TPSA) is 9.23 Å². The van der Waals surface area contributed by atoms with E-state index < -0.39 is 6.69 Å². The molecule has 0 spiro atoms. The molecule has 0 saturated heterocycles. The molecule has 0 atom stereocenters. The van der Waals surface area contributed by atoms with Gasteiger partial charge >= 0.3 is 0 Å². The summed E-state index contributed by atoms with van der Waals surface area (Å²) >= 11 is 11.5. The molecule has 0 aliphatic rings. The first-order valence-electron chi connectivity index (χ1n) is 2.66. The molecule has 0 bridgehead atoms. The predicted octanol–water partition coefficient (Wildman–Crippen LogP) is 2.70. The monoisotopic (exact) mass is 184 g/mol. The van der Waals surface area contributed by atoms with Gasteiger partial charge in [-0.25, -0.2) is 0 Å². The molecule has 54 valence electrons. The van der Waals surface area contributed by atoms with E-state index in [2.05, 4.69) is 6.58 Å². The number of hydrogen-bond donors (Lipinski definition) is 0. The maximum Gasteiger partial charge on any atom is 0.251 e. The second kappa shape index (κ2) is 4.20. The van der Waals surface area contributed by atoms with Crippen molar-refractivity contribution in [3.05, 3.63) is 12.8 Å². The summed E-state index contributed by atoms with van der Waals surface area (Å²) in [7, 11) is 0. The third-order valence-electron chi connectivity index (χ3n) is 0.777. The van der Waals surface area contributed by atoms with Crippen LogP contribution in [-0.2, 0) is 4.74 Å². The summed E-state index contributed by atoms with van der Waals surface area (Å²) in [5, 5.41) is 0. The molecule has 0 fully saturated rings. The summed E-state index contributed by atoms with van der Waals surface area (Å²) in [5.41, 5.74) is 0. The Labute approximate surface area is 66.0 Å². The van der Waals surface area contributed by atoms with Crippen LogP contribution in [0.4, 0.5) is 0 Å². The lowest BCUT2D eigenvalue weighted by atomic mass is 10.8. The molecular weight excluding hydrogens is 175 g/mol. The highest BCUT2D eigenvalue weighted by Crippen LogP contribution is 2.18. The van der Waals surface area contributed by atoms with Gasteiger partial charge < -0.3 is 4.74 Å². The Morgan fingerprint density at radius 3 is 2.56 bits per heavy atom. The van der Waals surface area contributed by atoms with Gasteiger partial charge in [-0.1, -0.05) is 6.58 Å². The summed E-state index contributed by atoms with van der Waals surface area (Å²) < 4.78 is 4.84. The molecule has 0 heterocycles. The summed E-state index contributed by atoms with van der Waals surface area (Å²) in [6.45, 7) is 3.91. The maximum absolute atomic E-state index is 5.76. The van der Waals surface area contributed by atoms with Gasteiger partial charge in [-0.3, -0.25) is 0 Å². The number of hydrogen-bond acceptors (Lipinski definition) is 1. The fourth-order valence-corrected chi connectivity index (χ4v) is 1.26. The van der Waals surface area contributed by atoms with Gasteiger partial charge in [0.05, 0.1) is 12.9 Å². The minimum absolute atomic E-state index is 0.583. The van der Waals surface area contributed by atoms with Crippen molar-refractivity contribution in [1.82, 2.24) is 0 Å². The number of ether oxygens (including phenoxy) is 1. The van der Waals surface area contributed by atoms with Gasteiger partial charge in [0.2, 0.25) is 0 Å². The first kappa shape index (κ1) is 9.34. The minimum atomic E-state index is -1.92. The zero-order valence-corrected chi connectivity index (χ0v) is 7.87. The van der Waals surface area contributed by atoms with Crippen molar-refractivity contribution < 1.29 is 4.74 Å². The fourth-order valence-electron chi connectivity index (χ4n) is 0.321. The summed E-state index contributed by atoms with van der Waals surface area (Å²) in [6, 6.07) is 0.752. The number of halogens is 2. The van der Waals surface area contributed by atoms with E-state index in [4.69, 9.17) is 26.9 Å². The van der Waals surface area contributed by atoms with Crippen molar-refractivity contribution >= 4 is 28.9 Å². The van der Waals surface area contributed by atoms with E-state index in [0.29, 0.717) is 6.61 Å². The predicted molar refractivity (Wildman–Crippen MR) is 44.3 cm³/mol. The fraction of sp³-hybridized carbons (Fsp3) is 0.600. The van der Waals surface area contributed by atoms with Gasteiger partial charge in [0, 0.05) is 6.04 Å². The van der Waals surface area contributed by atoms with E-state index in [1.54, 1.807) is 0 Å². The van der Waals surface area contributed by atoms with Crippen LogP contribution in [0.3, 0.4) is 0 Å². The number of rotatable bonds is 4. The highest BCUT2D eigenvalue weighted by atomic mass is 35.7. The minimum Gasteiger partial charge on any atom is -0.502 e. The van der Waals surface area contributed by atoms with Crippen molar-refractivity contribution in [2.75, 3.05) is 6.61 Å². The van der Waals surface area contributed by atoms with Crippen molar-refractivity contribution in [3.8, 4) is 0 Å². The first-order valence-corrected chi connectivity index (χ1v) is 7.39. The SMILES string of the molecule is C=COCC[Si](C)(Cl)Cl. The van der Waals surface area contributed by atoms with Crippen LogP contribution in [0.1, 0.15) is 0 Å². The molecule has 4 heteroatoms. The quantitative estimate of drug-likeness (QED) is 0.283. The van der Waals surface area contributed by atoms with Gasteiger partial charge in [0.1, 0.15) is 0 Å². The van der Waals surface area contributed by atoms with Crippen LogP contribution in [0.2, 0.25) is 12.6 Å². The Hall–Kier alpha value is 0.337. The average Bonchev–Trinajstić information content (AvgIpc) is 1.63. The zero-order chi connectivity index (χ0) is 7.33. The van der Waals surface area contributed by atoms with E-state index in [-0.39, 0.29) is 0 Å². The summed E-state index contributed by atoms with van der Waals surface area (Å²) in [6.07, 6.45) is 1.40. The second-order valence-corrected chi connectivity index (χ2v) is 10.1. The van der Waals surface area contributed by atoms with Crippen molar-refractivity contribution in [2.45, 2.75) is 12.6 Å². The molecule has 0 rings (SSSR count). The van der Waals surface area contributed by atoms with Gasteiger partial charge in [-0.05, 0) is 6.55 Å². The van der Waals surface area contributed by atoms with Gasteiger partial charge in [0.25, 0.3) is 6.69 Å². The smallest absolute Gasteiger partial charge is 0.251 e. The Kier molecular flexibility index (Phi) is 4.36. The van der Waals surface area contributed by atoms with E-state index >= 15 is 0 Å². The molecular formula is C5H10Cl2OSi. The van der Waals surface area contributed by atoms with E-state index in [1.165, 1.54) is 6.26 Å². The molecule has 0 aromatic rings. The highest BCUT2D eigenvalue weighted by Gasteiger charge is 2.19. The standard InChI is InChI=1S/C5H10Cl2OSi/c1-3-8-4-5-9(2,6)7/h3H,1,4-5H2,2H3. The zero-order valence-electron chi connectivity index (χ0n) is 5.36. The van der Waals surface area contributed by atoms with Crippen LogP contribution >= 0.6 is 22.2 Å². The molecule has 0 amide bonds. The second-order valence-electron chi connectivity index (χ2n) is 1.86. The Morgan fingerprint density at radius 2 is 2.22 bits per heavy atom. The van der Waals surface area contributed by atoms with E-state index in [0.717, 1.165) is 6.04 Å². The normalized spacial score (nSPS) is 11.0. The summed E-state index contributed by atoms with van der Waals surface area (Å²) in [4.78, 5) is 0. The maximum atomic E-state index is 5.76. The van der Waals surface area contributed by atoms with Gasteiger partial charge in [-0.15, -0.1) is 22.2 Å². The third-order valence-corrected chi connectivity index (χ3v) is 2.99. The summed E-state index contributed by atoms with van der Waals surface area (Å²) in [5.74, 6) is 0. The molecule has 0 aliphatic heterocycles. The molecule has 0 radical (unpaired) electrons. The molecule has 9 heavy (non-hydrogen) atoms. The molecule has 0 aromatic carbocycles. The molecule has 0 unspecified atom stereocenters. The molecule has 1 nitrogen and oxygen atoms in total. The van der Waals surface area contributed by atoms with Crippen LogP contribution < -0.4 is 0 Å². The molecule has 0 aromatic heterocycles. The van der Waals surface area contributed by atoms with Gasteiger partial charge in [0.15, 0.2) is 0 Å². The van der Waals surface area contributed by atoms with Crippen LogP contribution in [0.25, 0.3) is 0 Å². The lowest BCUT2D eigenvalue weighted by Crippen LogP contribution is -2.14. The Bertz CT molecular complexity index is 89.4. The highest BCUT2D eigenvalue weighted by molar-refractivity contribution is 7.44. The van der Waals surface area contributed by atoms with Crippen LogP contribution in [0.5, 0.6) is 0 Å². The van der Waals surface area contributed by atoms with E-state index in [1.807, 2.05) is 6.55 Å².